The van der Waals surface area contributed by atoms with Gasteiger partial charge in [-0.2, -0.15) is 0 Å². The maximum atomic E-state index is 10.9. The van der Waals surface area contributed by atoms with Crippen LogP contribution in [0.2, 0.25) is 0 Å². The molecule has 15 heavy (non-hydrogen) atoms. The average molecular weight is 293 g/mol. The van der Waals surface area contributed by atoms with E-state index < -0.39 is 9.84 Å². The maximum absolute atomic E-state index is 10.9. The van der Waals surface area contributed by atoms with Crippen LogP contribution >= 0.6 is 15.9 Å². The molecule has 0 fully saturated rings. The van der Waals surface area contributed by atoms with Crippen molar-refractivity contribution in [3.63, 3.8) is 0 Å². The molecule has 0 spiro atoms. The highest BCUT2D eigenvalue weighted by molar-refractivity contribution is 9.10. The first-order valence-corrected chi connectivity index (χ1v) is 7.28. The van der Waals surface area contributed by atoms with E-state index in [1.807, 2.05) is 6.07 Å². The highest BCUT2D eigenvalue weighted by atomic mass is 79.9. The maximum Gasteiger partial charge on any atom is 0.147 e. The Bertz CT molecular complexity index is 416. The number of sulfone groups is 1. The van der Waals surface area contributed by atoms with Crippen LogP contribution in [0.25, 0.3) is 0 Å². The summed E-state index contributed by atoms with van der Waals surface area (Å²) in [6.07, 6.45) is 3.25. The van der Waals surface area contributed by atoms with Gasteiger partial charge in [-0.25, -0.2) is 8.42 Å². The minimum atomic E-state index is -2.95. The lowest BCUT2D eigenvalue weighted by Crippen LogP contribution is -2.16. The Hall–Kier alpha value is -0.460. The van der Waals surface area contributed by atoms with E-state index in [4.69, 9.17) is 5.73 Å². The van der Waals surface area contributed by atoms with Gasteiger partial charge in [0.2, 0.25) is 0 Å². The summed E-state index contributed by atoms with van der Waals surface area (Å²) in [6.45, 7) is 0. The first-order chi connectivity index (χ1) is 6.88. The molecule has 0 bridgehead atoms. The van der Waals surface area contributed by atoms with Crippen LogP contribution in [0.5, 0.6) is 0 Å². The van der Waals surface area contributed by atoms with Crippen molar-refractivity contribution < 1.29 is 8.42 Å². The first kappa shape index (κ1) is 12.6. The van der Waals surface area contributed by atoms with Crippen molar-refractivity contribution in [1.82, 2.24) is 4.98 Å². The molecular weight excluding hydrogens is 280 g/mol. The van der Waals surface area contributed by atoms with Crippen LogP contribution in [0.1, 0.15) is 18.2 Å². The van der Waals surface area contributed by atoms with Gasteiger partial charge in [0.25, 0.3) is 0 Å². The second-order valence-electron chi connectivity index (χ2n) is 3.43. The number of hydrogen-bond donors (Lipinski definition) is 1. The standard InChI is InChI=1S/C9H13BrN2O2S/c1-15(13,14)5-4-8(11)9-3-2-7(10)6-12-9/h2-3,6,8H,4-5,11H2,1H3. The number of rotatable bonds is 4. The van der Waals surface area contributed by atoms with Crippen LogP contribution in [0.3, 0.4) is 0 Å². The van der Waals surface area contributed by atoms with Crippen molar-refractivity contribution in [3.05, 3.63) is 28.5 Å². The van der Waals surface area contributed by atoms with Gasteiger partial charge in [0.1, 0.15) is 9.84 Å². The van der Waals surface area contributed by atoms with Gasteiger partial charge in [-0.05, 0) is 34.5 Å². The monoisotopic (exact) mass is 292 g/mol. The summed E-state index contributed by atoms with van der Waals surface area (Å²) in [5, 5.41) is 0. The SMILES string of the molecule is CS(=O)(=O)CCC(N)c1ccc(Br)cn1. The zero-order valence-electron chi connectivity index (χ0n) is 8.35. The molecule has 4 nitrogen and oxygen atoms in total. The molecule has 2 N–H and O–H groups in total. The van der Waals surface area contributed by atoms with Crippen LogP contribution in [0, 0.1) is 0 Å². The summed E-state index contributed by atoms with van der Waals surface area (Å²) in [6, 6.07) is 3.30. The highest BCUT2D eigenvalue weighted by Crippen LogP contribution is 2.14. The van der Waals surface area contributed by atoms with Crippen LogP contribution in [-0.2, 0) is 9.84 Å². The fourth-order valence-electron chi connectivity index (χ4n) is 1.10. The van der Waals surface area contributed by atoms with Crippen molar-refractivity contribution in [2.45, 2.75) is 12.5 Å². The molecule has 0 aliphatic carbocycles. The van der Waals surface area contributed by atoms with Gasteiger partial charge in [-0.1, -0.05) is 0 Å². The largest absolute Gasteiger partial charge is 0.323 e. The lowest BCUT2D eigenvalue weighted by molar-refractivity contribution is 0.590. The van der Waals surface area contributed by atoms with Gasteiger partial charge in [0.05, 0.1) is 11.4 Å². The topological polar surface area (TPSA) is 73.0 Å². The first-order valence-electron chi connectivity index (χ1n) is 4.43. The van der Waals surface area contributed by atoms with E-state index in [9.17, 15) is 8.42 Å². The Morgan fingerprint density at radius 1 is 1.53 bits per heavy atom. The Labute approximate surface area is 97.9 Å². The van der Waals surface area contributed by atoms with Crippen molar-refractivity contribution in [3.8, 4) is 0 Å². The zero-order chi connectivity index (χ0) is 11.5. The van der Waals surface area contributed by atoms with E-state index in [1.54, 1.807) is 12.3 Å². The summed E-state index contributed by atoms with van der Waals surface area (Å²) < 4.78 is 22.8. The third kappa shape index (κ3) is 4.72. The Kier molecular flexibility index (Phi) is 4.24. The third-order valence-corrected chi connectivity index (χ3v) is 3.38. The van der Waals surface area contributed by atoms with Gasteiger partial charge in [0, 0.05) is 23.0 Å². The van der Waals surface area contributed by atoms with Gasteiger partial charge >= 0.3 is 0 Å². The predicted octanol–water partition coefficient (Wildman–Crippen LogP) is 1.28. The van der Waals surface area contributed by atoms with Crippen molar-refractivity contribution in [1.29, 1.82) is 0 Å². The molecule has 0 aromatic carbocycles. The van der Waals surface area contributed by atoms with Gasteiger partial charge in [-0.3, -0.25) is 4.98 Å². The summed E-state index contributed by atoms with van der Waals surface area (Å²) in [7, 11) is -2.95. The molecule has 0 amide bonds. The molecule has 1 aromatic rings. The summed E-state index contributed by atoms with van der Waals surface area (Å²) in [5.74, 6) is 0.0892. The van der Waals surface area contributed by atoms with Crippen LogP contribution < -0.4 is 5.73 Å². The molecule has 0 radical (unpaired) electrons. The van der Waals surface area contributed by atoms with E-state index >= 15 is 0 Å². The summed E-state index contributed by atoms with van der Waals surface area (Å²) >= 11 is 3.27. The fourth-order valence-corrected chi connectivity index (χ4v) is 2.01. The highest BCUT2D eigenvalue weighted by Gasteiger charge is 2.10. The van der Waals surface area contributed by atoms with E-state index in [1.165, 1.54) is 6.26 Å². The number of aromatic nitrogens is 1. The normalized spacial score (nSPS) is 13.8. The minimum Gasteiger partial charge on any atom is -0.323 e. The molecular formula is C9H13BrN2O2S. The van der Waals surface area contributed by atoms with Crippen molar-refractivity contribution >= 4 is 25.8 Å². The molecule has 0 aliphatic heterocycles. The lowest BCUT2D eigenvalue weighted by atomic mass is 10.1. The summed E-state index contributed by atoms with van der Waals surface area (Å²) in [4.78, 5) is 4.11. The number of nitrogens with zero attached hydrogens (tertiary/aromatic N) is 1. The second kappa shape index (κ2) is 5.05. The Morgan fingerprint density at radius 2 is 2.20 bits per heavy atom. The Morgan fingerprint density at radius 3 is 2.67 bits per heavy atom. The van der Waals surface area contributed by atoms with E-state index in [0.717, 1.165) is 4.47 Å². The molecule has 1 unspecified atom stereocenters. The van der Waals surface area contributed by atoms with E-state index in [0.29, 0.717) is 12.1 Å². The van der Waals surface area contributed by atoms with E-state index in [2.05, 4.69) is 20.9 Å². The van der Waals surface area contributed by atoms with Crippen LogP contribution in [-0.4, -0.2) is 25.4 Å². The smallest absolute Gasteiger partial charge is 0.147 e. The third-order valence-electron chi connectivity index (χ3n) is 1.93. The molecule has 84 valence electrons. The molecule has 6 heteroatoms. The lowest BCUT2D eigenvalue weighted by Gasteiger charge is -2.09. The molecule has 0 saturated carbocycles. The number of halogens is 1. The quantitative estimate of drug-likeness (QED) is 0.907. The van der Waals surface area contributed by atoms with E-state index in [-0.39, 0.29) is 11.8 Å². The molecule has 1 atom stereocenters. The van der Waals surface area contributed by atoms with Crippen LogP contribution in [0.15, 0.2) is 22.8 Å². The van der Waals surface area contributed by atoms with Gasteiger partial charge in [0.15, 0.2) is 0 Å². The molecule has 0 aliphatic rings. The number of pyridine rings is 1. The molecule has 0 saturated heterocycles. The van der Waals surface area contributed by atoms with Crippen molar-refractivity contribution in [2.24, 2.45) is 5.73 Å². The second-order valence-corrected chi connectivity index (χ2v) is 6.60. The molecule has 1 aromatic heterocycles. The predicted molar refractivity (Wildman–Crippen MR) is 63.2 cm³/mol. The van der Waals surface area contributed by atoms with Gasteiger partial charge < -0.3 is 5.73 Å². The van der Waals surface area contributed by atoms with Gasteiger partial charge in [-0.15, -0.1) is 0 Å². The van der Waals surface area contributed by atoms with Crippen LogP contribution in [0.4, 0.5) is 0 Å². The fraction of sp³-hybridized carbons (Fsp3) is 0.444. The average Bonchev–Trinajstić information content (AvgIpc) is 2.14. The van der Waals surface area contributed by atoms with Crippen molar-refractivity contribution in [2.75, 3.05) is 12.0 Å². The summed E-state index contributed by atoms with van der Waals surface area (Å²) in [5.41, 5.74) is 6.52. The molecule has 1 rings (SSSR count). The zero-order valence-corrected chi connectivity index (χ0v) is 10.8. The minimum absolute atomic E-state index is 0.0892. The Balaban J connectivity index is 2.61. The number of hydrogen-bond acceptors (Lipinski definition) is 4. The molecule has 1 heterocycles. The number of nitrogens with two attached hydrogens (primary N) is 1.